The maximum absolute atomic E-state index is 12.6. The first-order chi connectivity index (χ1) is 17.5. The molecule has 0 saturated carbocycles. The molecular weight excluding hydrogens is 454 g/mol. The molecule has 182 valence electrons. The molecule has 0 atom stereocenters. The second-order valence-electron chi connectivity index (χ2n) is 8.74. The fourth-order valence-electron chi connectivity index (χ4n) is 4.37. The molecule has 0 fully saturated rings. The first-order valence-corrected chi connectivity index (χ1v) is 11.8. The Balaban J connectivity index is 1.19. The molecule has 9 nitrogen and oxygen atoms in total. The Morgan fingerprint density at radius 2 is 1.86 bits per heavy atom. The molecule has 0 unspecified atom stereocenters. The maximum Gasteiger partial charge on any atom is 0.246 e. The van der Waals surface area contributed by atoms with Gasteiger partial charge in [0.2, 0.25) is 11.8 Å². The lowest BCUT2D eigenvalue weighted by Crippen LogP contribution is -2.23. The summed E-state index contributed by atoms with van der Waals surface area (Å²) in [4.78, 5) is 29.6. The largest absolute Gasteiger partial charge is 0.352 e. The van der Waals surface area contributed by atoms with Crippen LogP contribution < -0.4 is 10.6 Å². The average Bonchev–Trinajstić information content (AvgIpc) is 3.51. The lowest BCUT2D eigenvalue weighted by atomic mass is 10.1. The Morgan fingerprint density at radius 3 is 2.69 bits per heavy atom. The first kappa shape index (κ1) is 23.2. The Kier molecular flexibility index (Phi) is 6.44. The van der Waals surface area contributed by atoms with Crippen molar-refractivity contribution in [2.24, 2.45) is 0 Å². The average molecular weight is 482 g/mol. The van der Waals surface area contributed by atoms with Crippen LogP contribution in [0.5, 0.6) is 0 Å². The van der Waals surface area contributed by atoms with Gasteiger partial charge in [-0.1, -0.05) is 24.3 Å². The molecule has 0 aliphatic carbocycles. The zero-order valence-electron chi connectivity index (χ0n) is 20.2. The lowest BCUT2D eigenvalue weighted by molar-refractivity contribution is -0.121. The normalized spacial score (nSPS) is 11.2. The minimum absolute atomic E-state index is 0.0485. The minimum atomic E-state index is -0.165. The van der Waals surface area contributed by atoms with E-state index in [0.29, 0.717) is 25.1 Å². The number of anilines is 1. The standard InChI is InChI=1S/C27H27N7O2/c1-18-22(19(2)34-27(30-18)23-9-3-4-10-24(23)32-34)11-12-25(35)28-16-20-7-5-8-21(15-20)31-26(36)17-33-14-6-13-29-33/h3-10,13-15H,11-12,16-17H2,1-2H3,(H,28,35)(H,31,36). The van der Waals surface area contributed by atoms with Crippen LogP contribution in [0.15, 0.2) is 67.0 Å². The number of carbonyl (C=O) groups excluding carboxylic acids is 2. The Hall–Kier alpha value is -4.53. The fraction of sp³-hybridized carbons (Fsp3) is 0.222. The summed E-state index contributed by atoms with van der Waals surface area (Å²) in [5.74, 6) is -0.214. The van der Waals surface area contributed by atoms with Crippen molar-refractivity contribution in [3.8, 4) is 0 Å². The van der Waals surface area contributed by atoms with Crippen molar-refractivity contribution in [2.45, 2.75) is 39.8 Å². The Labute approximate surface area is 208 Å². The maximum atomic E-state index is 12.6. The van der Waals surface area contributed by atoms with Gasteiger partial charge >= 0.3 is 0 Å². The van der Waals surface area contributed by atoms with Crippen LogP contribution in [0.2, 0.25) is 0 Å². The first-order valence-electron chi connectivity index (χ1n) is 11.8. The van der Waals surface area contributed by atoms with E-state index in [2.05, 4.69) is 20.8 Å². The van der Waals surface area contributed by atoms with Crippen LogP contribution in [0.25, 0.3) is 16.6 Å². The van der Waals surface area contributed by atoms with Crippen molar-refractivity contribution in [2.75, 3.05) is 5.32 Å². The number of hydrogen-bond acceptors (Lipinski definition) is 5. The van der Waals surface area contributed by atoms with Crippen LogP contribution in [0.3, 0.4) is 0 Å². The van der Waals surface area contributed by atoms with Gasteiger partial charge in [0.25, 0.3) is 0 Å². The van der Waals surface area contributed by atoms with Crippen molar-refractivity contribution in [1.82, 2.24) is 29.7 Å². The third-order valence-electron chi connectivity index (χ3n) is 6.19. The zero-order chi connectivity index (χ0) is 25.1. The summed E-state index contributed by atoms with van der Waals surface area (Å²) in [5.41, 5.74) is 6.27. The van der Waals surface area contributed by atoms with Gasteiger partial charge in [-0.05, 0) is 61.7 Å². The van der Waals surface area contributed by atoms with Gasteiger partial charge in [-0.3, -0.25) is 14.3 Å². The van der Waals surface area contributed by atoms with E-state index in [1.165, 1.54) is 0 Å². The smallest absolute Gasteiger partial charge is 0.246 e. The number of amides is 2. The molecule has 3 heterocycles. The number of benzene rings is 2. The second-order valence-corrected chi connectivity index (χ2v) is 8.74. The molecule has 9 heteroatoms. The van der Waals surface area contributed by atoms with E-state index >= 15 is 0 Å². The number of fused-ring (bicyclic) bond motifs is 3. The number of aromatic nitrogens is 5. The highest BCUT2D eigenvalue weighted by Gasteiger charge is 2.15. The van der Waals surface area contributed by atoms with E-state index in [0.717, 1.165) is 39.1 Å². The van der Waals surface area contributed by atoms with Crippen LogP contribution in [0, 0.1) is 13.8 Å². The molecule has 0 bridgehead atoms. The van der Waals surface area contributed by atoms with Gasteiger partial charge in [-0.25, -0.2) is 9.50 Å². The number of aryl methyl sites for hydroxylation is 2. The Morgan fingerprint density at radius 1 is 1.00 bits per heavy atom. The topological polar surface area (TPSA) is 106 Å². The number of nitrogens with zero attached hydrogens (tertiary/aromatic N) is 5. The summed E-state index contributed by atoms with van der Waals surface area (Å²) >= 11 is 0. The molecule has 36 heavy (non-hydrogen) atoms. The molecule has 2 aromatic carbocycles. The molecule has 0 aliphatic heterocycles. The second kappa shape index (κ2) is 9.99. The molecule has 2 N–H and O–H groups in total. The van der Waals surface area contributed by atoms with Crippen molar-refractivity contribution < 1.29 is 9.59 Å². The van der Waals surface area contributed by atoms with E-state index in [1.54, 1.807) is 23.1 Å². The zero-order valence-corrected chi connectivity index (χ0v) is 20.2. The summed E-state index contributed by atoms with van der Waals surface area (Å²) < 4.78 is 3.43. The molecule has 0 radical (unpaired) electrons. The summed E-state index contributed by atoms with van der Waals surface area (Å²) in [7, 11) is 0. The van der Waals surface area contributed by atoms with Crippen LogP contribution in [0.4, 0.5) is 5.69 Å². The summed E-state index contributed by atoms with van der Waals surface area (Å²) in [6, 6.07) is 17.2. The van der Waals surface area contributed by atoms with Gasteiger partial charge in [-0.2, -0.15) is 10.2 Å². The van der Waals surface area contributed by atoms with Gasteiger partial charge < -0.3 is 10.6 Å². The van der Waals surface area contributed by atoms with Crippen molar-refractivity contribution in [3.63, 3.8) is 0 Å². The van der Waals surface area contributed by atoms with Gasteiger partial charge in [0, 0.05) is 47.8 Å². The third-order valence-corrected chi connectivity index (χ3v) is 6.19. The van der Waals surface area contributed by atoms with Gasteiger partial charge in [0.05, 0.1) is 5.52 Å². The van der Waals surface area contributed by atoms with Crippen LogP contribution >= 0.6 is 0 Å². The Bertz CT molecular complexity index is 1550. The van der Waals surface area contributed by atoms with Crippen molar-refractivity contribution in [3.05, 3.63) is 89.5 Å². The van der Waals surface area contributed by atoms with Gasteiger partial charge in [0.1, 0.15) is 6.54 Å². The summed E-state index contributed by atoms with van der Waals surface area (Å²) in [6.07, 6.45) is 4.29. The molecule has 5 rings (SSSR count). The van der Waals surface area contributed by atoms with Gasteiger partial charge in [-0.15, -0.1) is 0 Å². The van der Waals surface area contributed by atoms with Crippen LogP contribution in [-0.2, 0) is 29.1 Å². The van der Waals surface area contributed by atoms with E-state index in [4.69, 9.17) is 4.98 Å². The minimum Gasteiger partial charge on any atom is -0.352 e. The lowest BCUT2D eigenvalue weighted by Gasteiger charge is -2.12. The number of rotatable bonds is 8. The highest BCUT2D eigenvalue weighted by molar-refractivity contribution is 5.92. The monoisotopic (exact) mass is 481 g/mol. The molecule has 5 aromatic rings. The number of hydrogen-bond donors (Lipinski definition) is 2. The van der Waals surface area contributed by atoms with E-state index in [-0.39, 0.29) is 18.4 Å². The predicted molar refractivity (Wildman–Crippen MR) is 137 cm³/mol. The third kappa shape index (κ3) is 4.95. The highest BCUT2D eigenvalue weighted by atomic mass is 16.2. The van der Waals surface area contributed by atoms with Crippen molar-refractivity contribution >= 4 is 34.1 Å². The predicted octanol–water partition coefficient (Wildman–Crippen LogP) is 3.58. The molecule has 0 aliphatic rings. The van der Waals surface area contributed by atoms with Crippen molar-refractivity contribution in [1.29, 1.82) is 0 Å². The fourth-order valence-corrected chi connectivity index (χ4v) is 4.37. The number of carbonyl (C=O) groups is 2. The van der Waals surface area contributed by atoms with E-state index in [1.807, 2.05) is 66.9 Å². The molecule has 3 aromatic heterocycles. The quantitative estimate of drug-likeness (QED) is 0.352. The number of nitrogens with one attached hydrogen (secondary N) is 2. The molecule has 2 amide bonds. The highest BCUT2D eigenvalue weighted by Crippen LogP contribution is 2.23. The molecule has 0 saturated heterocycles. The van der Waals surface area contributed by atoms with Crippen LogP contribution in [-0.4, -0.2) is 36.2 Å². The van der Waals surface area contributed by atoms with E-state index in [9.17, 15) is 9.59 Å². The SMILES string of the molecule is Cc1nc2c3ccccc3nn2c(C)c1CCC(=O)NCc1cccc(NC(=O)Cn2cccn2)c1. The molecular formula is C27H27N7O2. The summed E-state index contributed by atoms with van der Waals surface area (Å²) in [6.45, 7) is 4.52. The van der Waals surface area contributed by atoms with Gasteiger partial charge in [0.15, 0.2) is 5.65 Å². The molecule has 0 spiro atoms. The van der Waals surface area contributed by atoms with E-state index < -0.39 is 0 Å². The summed E-state index contributed by atoms with van der Waals surface area (Å²) in [5, 5.41) is 15.6. The van der Waals surface area contributed by atoms with Crippen LogP contribution in [0.1, 0.15) is 28.9 Å².